The number of nitrogens with zero attached hydrogens (tertiary/aromatic N) is 1. The summed E-state index contributed by atoms with van der Waals surface area (Å²) in [5.74, 6) is -0.0856. The molecule has 17 heavy (non-hydrogen) atoms. The zero-order valence-electron chi connectivity index (χ0n) is 9.59. The summed E-state index contributed by atoms with van der Waals surface area (Å²) in [6.07, 6.45) is 2.83. The zero-order chi connectivity index (χ0) is 12.1. The molecule has 1 aromatic heterocycles. The molecule has 0 saturated carbocycles. The van der Waals surface area contributed by atoms with Crippen LogP contribution >= 0.6 is 11.3 Å². The summed E-state index contributed by atoms with van der Waals surface area (Å²) >= 11 is 1.57. The number of amides is 2. The second kappa shape index (κ2) is 5.82. The van der Waals surface area contributed by atoms with E-state index in [2.05, 4.69) is 5.32 Å². The second-order valence-corrected chi connectivity index (χ2v) is 5.11. The summed E-state index contributed by atoms with van der Waals surface area (Å²) in [5, 5.41) is 4.58. The van der Waals surface area contributed by atoms with Gasteiger partial charge in [0.15, 0.2) is 0 Å². The normalized spacial score (nSPS) is 16.8. The van der Waals surface area contributed by atoms with Crippen LogP contribution < -0.4 is 5.32 Å². The van der Waals surface area contributed by atoms with Crippen molar-refractivity contribution in [2.45, 2.75) is 18.8 Å². The summed E-state index contributed by atoms with van der Waals surface area (Å²) in [5.41, 5.74) is 0. The van der Waals surface area contributed by atoms with Crippen LogP contribution in [-0.4, -0.2) is 36.9 Å². The highest BCUT2D eigenvalue weighted by atomic mass is 32.1. The lowest BCUT2D eigenvalue weighted by Gasteiger charge is -2.22. The maximum atomic E-state index is 12.3. The fourth-order valence-corrected chi connectivity index (χ4v) is 2.94. The molecule has 0 aromatic carbocycles. The highest BCUT2D eigenvalue weighted by Gasteiger charge is 2.28. The van der Waals surface area contributed by atoms with Crippen molar-refractivity contribution in [1.82, 2.24) is 10.2 Å². The van der Waals surface area contributed by atoms with Gasteiger partial charge >= 0.3 is 0 Å². The monoisotopic (exact) mass is 252 g/mol. The number of nitrogens with one attached hydrogen (secondary N) is 1. The number of rotatable bonds is 5. The van der Waals surface area contributed by atoms with E-state index in [4.69, 9.17) is 0 Å². The van der Waals surface area contributed by atoms with Gasteiger partial charge < -0.3 is 10.2 Å². The summed E-state index contributed by atoms with van der Waals surface area (Å²) in [7, 11) is 0. The van der Waals surface area contributed by atoms with Gasteiger partial charge in [0.05, 0.1) is 5.92 Å². The van der Waals surface area contributed by atoms with Gasteiger partial charge in [-0.15, -0.1) is 11.3 Å². The third kappa shape index (κ3) is 2.85. The first kappa shape index (κ1) is 12.1. The molecule has 1 unspecified atom stereocenters. The molecule has 1 aromatic rings. The predicted molar refractivity (Wildman–Crippen MR) is 66.9 cm³/mol. The number of carbonyl (C=O) groups is 2. The Balaban J connectivity index is 2.08. The predicted octanol–water partition coefficient (Wildman–Crippen LogP) is 1.20. The first-order chi connectivity index (χ1) is 8.33. The summed E-state index contributed by atoms with van der Waals surface area (Å²) in [6, 6.07) is 3.89. The minimum Gasteiger partial charge on any atom is -0.358 e. The smallest absolute Gasteiger partial charge is 0.232 e. The Morgan fingerprint density at radius 2 is 2.29 bits per heavy atom. The molecule has 92 valence electrons. The van der Waals surface area contributed by atoms with E-state index < -0.39 is 0 Å². The van der Waals surface area contributed by atoms with Crippen LogP contribution in [0.3, 0.4) is 0 Å². The van der Waals surface area contributed by atoms with E-state index in [1.807, 2.05) is 22.4 Å². The Hall–Kier alpha value is -1.36. The van der Waals surface area contributed by atoms with Crippen molar-refractivity contribution in [3.63, 3.8) is 0 Å². The highest BCUT2D eigenvalue weighted by molar-refractivity contribution is 7.10. The molecule has 4 nitrogen and oxygen atoms in total. The Bertz CT molecular complexity index is 372. The SMILES string of the molecule is O=CNCC(C(=O)N1CCCC1)c1cccs1. The minimum atomic E-state index is -0.224. The van der Waals surface area contributed by atoms with Crippen molar-refractivity contribution >= 4 is 23.7 Å². The standard InChI is InChI=1S/C12H16N2O2S/c15-9-13-8-10(11-4-3-7-17-11)12(16)14-5-1-2-6-14/h3-4,7,9-10H,1-2,5-6,8H2,(H,13,15). The summed E-state index contributed by atoms with van der Waals surface area (Å²) < 4.78 is 0. The van der Waals surface area contributed by atoms with E-state index >= 15 is 0 Å². The van der Waals surface area contributed by atoms with E-state index in [9.17, 15) is 9.59 Å². The first-order valence-electron chi connectivity index (χ1n) is 5.82. The van der Waals surface area contributed by atoms with E-state index in [1.54, 1.807) is 11.3 Å². The molecule has 1 atom stereocenters. The minimum absolute atomic E-state index is 0.138. The van der Waals surface area contributed by atoms with E-state index in [0.717, 1.165) is 30.8 Å². The quantitative estimate of drug-likeness (QED) is 0.801. The van der Waals surface area contributed by atoms with Gasteiger partial charge in [-0.05, 0) is 24.3 Å². The van der Waals surface area contributed by atoms with E-state index in [-0.39, 0.29) is 11.8 Å². The molecular weight excluding hydrogens is 236 g/mol. The van der Waals surface area contributed by atoms with Gasteiger partial charge in [0.2, 0.25) is 12.3 Å². The van der Waals surface area contributed by atoms with Crippen molar-refractivity contribution in [2.75, 3.05) is 19.6 Å². The topological polar surface area (TPSA) is 49.4 Å². The van der Waals surface area contributed by atoms with Gasteiger partial charge in [-0.25, -0.2) is 0 Å². The van der Waals surface area contributed by atoms with Crippen molar-refractivity contribution in [2.24, 2.45) is 0 Å². The molecule has 0 aliphatic carbocycles. The molecular formula is C12H16N2O2S. The molecule has 0 bridgehead atoms. The number of likely N-dealkylation sites (tertiary alicyclic amines) is 1. The number of hydrogen-bond donors (Lipinski definition) is 1. The number of hydrogen-bond acceptors (Lipinski definition) is 3. The average molecular weight is 252 g/mol. The lowest BCUT2D eigenvalue weighted by atomic mass is 10.1. The Morgan fingerprint density at radius 1 is 1.53 bits per heavy atom. The van der Waals surface area contributed by atoms with Gasteiger partial charge in [-0.3, -0.25) is 9.59 Å². The van der Waals surface area contributed by atoms with Crippen LogP contribution in [0.2, 0.25) is 0 Å². The van der Waals surface area contributed by atoms with E-state index in [0.29, 0.717) is 13.0 Å². The third-order valence-electron chi connectivity index (χ3n) is 3.01. The first-order valence-corrected chi connectivity index (χ1v) is 6.70. The van der Waals surface area contributed by atoms with Crippen molar-refractivity contribution in [1.29, 1.82) is 0 Å². The molecule has 5 heteroatoms. The van der Waals surface area contributed by atoms with Crippen LogP contribution in [0.15, 0.2) is 17.5 Å². The molecule has 1 aliphatic rings. The van der Waals surface area contributed by atoms with Crippen molar-refractivity contribution in [3.8, 4) is 0 Å². The maximum absolute atomic E-state index is 12.3. The third-order valence-corrected chi connectivity index (χ3v) is 3.99. The number of thiophene rings is 1. The molecule has 1 fully saturated rings. The van der Waals surface area contributed by atoms with Crippen LogP contribution in [0, 0.1) is 0 Å². The fourth-order valence-electron chi connectivity index (χ4n) is 2.12. The van der Waals surface area contributed by atoms with Crippen LogP contribution in [-0.2, 0) is 9.59 Å². The fraction of sp³-hybridized carbons (Fsp3) is 0.500. The summed E-state index contributed by atoms with van der Waals surface area (Å²) in [6.45, 7) is 2.09. The van der Waals surface area contributed by atoms with Crippen molar-refractivity contribution in [3.05, 3.63) is 22.4 Å². The lowest BCUT2D eigenvalue weighted by Crippen LogP contribution is -2.36. The van der Waals surface area contributed by atoms with Gasteiger partial charge in [0.25, 0.3) is 0 Å². The molecule has 2 rings (SSSR count). The largest absolute Gasteiger partial charge is 0.358 e. The molecule has 1 aliphatic heterocycles. The zero-order valence-corrected chi connectivity index (χ0v) is 10.4. The van der Waals surface area contributed by atoms with Crippen LogP contribution in [0.1, 0.15) is 23.6 Å². The number of carbonyl (C=O) groups excluding carboxylic acids is 2. The Labute approximate surface area is 105 Å². The Morgan fingerprint density at radius 3 is 2.88 bits per heavy atom. The van der Waals surface area contributed by atoms with Gasteiger partial charge in [0, 0.05) is 24.5 Å². The highest BCUT2D eigenvalue weighted by Crippen LogP contribution is 2.24. The van der Waals surface area contributed by atoms with E-state index in [1.165, 1.54) is 0 Å². The van der Waals surface area contributed by atoms with Crippen LogP contribution in [0.4, 0.5) is 0 Å². The van der Waals surface area contributed by atoms with Crippen LogP contribution in [0.25, 0.3) is 0 Å². The molecule has 1 saturated heterocycles. The maximum Gasteiger partial charge on any atom is 0.232 e. The molecule has 1 N–H and O–H groups in total. The summed E-state index contributed by atoms with van der Waals surface area (Å²) in [4.78, 5) is 25.6. The van der Waals surface area contributed by atoms with Gasteiger partial charge in [0.1, 0.15) is 0 Å². The van der Waals surface area contributed by atoms with Crippen LogP contribution in [0.5, 0.6) is 0 Å². The average Bonchev–Trinajstić information content (AvgIpc) is 3.02. The van der Waals surface area contributed by atoms with Gasteiger partial charge in [-0.2, -0.15) is 0 Å². The molecule has 0 spiro atoms. The molecule has 2 amide bonds. The lowest BCUT2D eigenvalue weighted by molar-refractivity contribution is -0.131. The molecule has 2 heterocycles. The molecule has 0 radical (unpaired) electrons. The second-order valence-electron chi connectivity index (χ2n) is 4.13. The Kier molecular flexibility index (Phi) is 4.14. The van der Waals surface area contributed by atoms with Gasteiger partial charge in [-0.1, -0.05) is 6.07 Å². The van der Waals surface area contributed by atoms with Crippen molar-refractivity contribution < 1.29 is 9.59 Å².